The van der Waals surface area contributed by atoms with Crippen molar-refractivity contribution in [2.24, 2.45) is 0 Å². The molecule has 68 heavy (non-hydrogen) atoms. The van der Waals surface area contributed by atoms with Crippen LogP contribution in [0.5, 0.6) is 0 Å². The molecule has 0 aliphatic rings. The molecule has 0 saturated heterocycles. The van der Waals surface area contributed by atoms with Crippen LogP contribution in [-0.4, -0.2) is 37.2 Å². The van der Waals surface area contributed by atoms with Gasteiger partial charge in [0.1, 0.15) is 13.2 Å². The molecule has 0 fully saturated rings. The van der Waals surface area contributed by atoms with Gasteiger partial charge in [-0.1, -0.05) is 241 Å². The second-order valence-electron chi connectivity index (χ2n) is 18.8. The second kappa shape index (κ2) is 56.2. The fraction of sp³-hybridized carbons (Fsp3) is 0.726. The van der Waals surface area contributed by atoms with Crippen LogP contribution < -0.4 is 0 Å². The Hall–Kier alpha value is -3.41. The van der Waals surface area contributed by atoms with Gasteiger partial charge in [0.25, 0.3) is 0 Å². The average molecular weight is 948 g/mol. The van der Waals surface area contributed by atoms with Crippen molar-refractivity contribution < 1.29 is 28.6 Å². The maximum absolute atomic E-state index is 12.8. The Morgan fingerprint density at radius 2 is 0.574 bits per heavy atom. The van der Waals surface area contributed by atoms with Crippen LogP contribution in [0, 0.1) is 0 Å². The molecule has 390 valence electrons. The molecular formula is C62H106O6. The normalized spacial score (nSPS) is 12.7. The van der Waals surface area contributed by atoms with Gasteiger partial charge in [-0.3, -0.25) is 14.4 Å². The minimum absolute atomic E-state index is 0.0817. The number of ether oxygens (including phenoxy) is 3. The van der Waals surface area contributed by atoms with Crippen LogP contribution in [0.15, 0.2) is 85.1 Å². The first-order valence-electron chi connectivity index (χ1n) is 28.6. The highest BCUT2D eigenvalue weighted by atomic mass is 16.6. The summed E-state index contributed by atoms with van der Waals surface area (Å²) in [7, 11) is 0. The quantitative estimate of drug-likeness (QED) is 0.0262. The van der Waals surface area contributed by atoms with E-state index in [0.717, 1.165) is 109 Å². The highest BCUT2D eigenvalue weighted by molar-refractivity contribution is 5.71. The van der Waals surface area contributed by atoms with E-state index in [9.17, 15) is 14.4 Å². The number of unbranched alkanes of at least 4 members (excludes halogenated alkanes) is 26. The summed E-state index contributed by atoms with van der Waals surface area (Å²) >= 11 is 0. The zero-order valence-corrected chi connectivity index (χ0v) is 44.6. The molecular weight excluding hydrogens is 841 g/mol. The van der Waals surface area contributed by atoms with Crippen molar-refractivity contribution in [3.05, 3.63) is 85.1 Å². The van der Waals surface area contributed by atoms with E-state index < -0.39 is 6.10 Å². The predicted molar refractivity (Wildman–Crippen MR) is 293 cm³/mol. The first-order valence-corrected chi connectivity index (χ1v) is 28.6. The van der Waals surface area contributed by atoms with Crippen LogP contribution >= 0.6 is 0 Å². The SMILES string of the molecule is CC/C=C\C/C=C\C/C=C\C/C=C\CCCCCCCCCCCCCCC(=O)OCC(COC(=O)CCCCCCCC)OC(=O)CCCCCCCC/C=C\C/C=C\C/C=C\CCCCC. The smallest absolute Gasteiger partial charge is 0.306 e. The van der Waals surface area contributed by atoms with Crippen LogP contribution in [0.1, 0.15) is 271 Å². The molecule has 1 atom stereocenters. The average Bonchev–Trinajstić information content (AvgIpc) is 3.34. The van der Waals surface area contributed by atoms with Crippen LogP contribution in [0.4, 0.5) is 0 Å². The van der Waals surface area contributed by atoms with Gasteiger partial charge in [-0.2, -0.15) is 0 Å². The van der Waals surface area contributed by atoms with Crippen molar-refractivity contribution >= 4 is 17.9 Å². The van der Waals surface area contributed by atoms with Crippen LogP contribution in [-0.2, 0) is 28.6 Å². The van der Waals surface area contributed by atoms with Gasteiger partial charge in [0, 0.05) is 19.3 Å². The Bertz CT molecular complexity index is 1320. The van der Waals surface area contributed by atoms with E-state index in [1.165, 1.54) is 122 Å². The summed E-state index contributed by atoms with van der Waals surface area (Å²) in [5.41, 5.74) is 0. The second-order valence-corrected chi connectivity index (χ2v) is 18.8. The van der Waals surface area contributed by atoms with Crippen LogP contribution in [0.3, 0.4) is 0 Å². The summed E-state index contributed by atoms with van der Waals surface area (Å²) < 4.78 is 16.7. The highest BCUT2D eigenvalue weighted by Crippen LogP contribution is 2.15. The van der Waals surface area contributed by atoms with Gasteiger partial charge in [0.05, 0.1) is 0 Å². The summed E-state index contributed by atoms with van der Waals surface area (Å²) in [6.07, 6.45) is 73.2. The molecule has 0 aromatic carbocycles. The lowest BCUT2D eigenvalue weighted by Gasteiger charge is -2.18. The first-order chi connectivity index (χ1) is 33.5. The van der Waals surface area contributed by atoms with Gasteiger partial charge in [-0.25, -0.2) is 0 Å². The molecule has 0 heterocycles. The topological polar surface area (TPSA) is 78.9 Å². The molecule has 0 amide bonds. The van der Waals surface area contributed by atoms with Crippen molar-refractivity contribution in [3.8, 4) is 0 Å². The number of carbonyl (C=O) groups is 3. The van der Waals surface area contributed by atoms with Crippen LogP contribution in [0.25, 0.3) is 0 Å². The Kier molecular flexibility index (Phi) is 53.4. The fourth-order valence-electron chi connectivity index (χ4n) is 7.85. The van der Waals surface area contributed by atoms with E-state index in [4.69, 9.17) is 14.2 Å². The maximum atomic E-state index is 12.8. The summed E-state index contributed by atoms with van der Waals surface area (Å²) in [5.74, 6) is -0.902. The number of allylic oxidation sites excluding steroid dienone is 14. The van der Waals surface area contributed by atoms with Gasteiger partial charge < -0.3 is 14.2 Å². The molecule has 0 spiro atoms. The van der Waals surface area contributed by atoms with Gasteiger partial charge in [0.15, 0.2) is 6.10 Å². The standard InChI is InChI=1S/C62H106O6/c1-4-7-10-13-16-18-20-22-24-26-28-29-30-31-32-33-35-36-38-40-42-44-46-49-52-55-61(64)67-58-59(57-66-60(63)54-51-48-15-12-9-6-3)68-62(65)56-53-50-47-45-43-41-39-37-34-27-25-23-21-19-17-14-11-8-5-2/h7,10,16-19,22-25,28-29,34,37,59H,4-6,8-9,11-15,20-21,26-27,30-33,35-36,38-58H2,1-3H3/b10-7-,18-16-,19-17-,24-22-,25-23-,29-28-,37-34-. The van der Waals surface area contributed by atoms with Gasteiger partial charge in [0.2, 0.25) is 0 Å². The van der Waals surface area contributed by atoms with E-state index in [0.29, 0.717) is 19.3 Å². The number of carbonyl (C=O) groups excluding carboxylic acids is 3. The summed E-state index contributed by atoms with van der Waals surface area (Å²) in [6, 6.07) is 0. The Morgan fingerprint density at radius 1 is 0.309 bits per heavy atom. The Balaban J connectivity index is 4.16. The minimum atomic E-state index is -0.781. The molecule has 1 unspecified atom stereocenters. The van der Waals surface area contributed by atoms with Crippen molar-refractivity contribution in [2.75, 3.05) is 13.2 Å². The number of rotatable bonds is 51. The Morgan fingerprint density at radius 3 is 0.926 bits per heavy atom. The highest BCUT2D eigenvalue weighted by Gasteiger charge is 2.19. The summed E-state index contributed by atoms with van der Waals surface area (Å²) in [4.78, 5) is 37.9. The molecule has 0 N–H and O–H groups in total. The number of hydrogen-bond acceptors (Lipinski definition) is 6. The van der Waals surface area contributed by atoms with Crippen molar-refractivity contribution in [2.45, 2.75) is 277 Å². The van der Waals surface area contributed by atoms with E-state index in [1.807, 2.05) is 0 Å². The zero-order valence-electron chi connectivity index (χ0n) is 44.6. The Labute approximate surface area is 420 Å². The predicted octanol–water partition coefficient (Wildman–Crippen LogP) is 19.2. The number of hydrogen-bond donors (Lipinski definition) is 0. The molecule has 0 saturated carbocycles. The lowest BCUT2D eigenvalue weighted by molar-refractivity contribution is -0.167. The third-order valence-electron chi connectivity index (χ3n) is 12.1. The lowest BCUT2D eigenvalue weighted by atomic mass is 10.0. The third-order valence-corrected chi connectivity index (χ3v) is 12.1. The molecule has 0 radical (unpaired) electrons. The molecule has 0 rings (SSSR count). The zero-order chi connectivity index (χ0) is 49.3. The molecule has 0 aromatic rings. The van der Waals surface area contributed by atoms with E-state index in [-0.39, 0.29) is 31.1 Å². The molecule has 0 aliphatic carbocycles. The van der Waals surface area contributed by atoms with Gasteiger partial charge in [-0.05, 0) is 96.3 Å². The molecule has 6 heteroatoms. The van der Waals surface area contributed by atoms with Gasteiger partial charge >= 0.3 is 17.9 Å². The molecule has 6 nitrogen and oxygen atoms in total. The minimum Gasteiger partial charge on any atom is -0.462 e. The van der Waals surface area contributed by atoms with E-state index >= 15 is 0 Å². The van der Waals surface area contributed by atoms with Crippen LogP contribution in [0.2, 0.25) is 0 Å². The first kappa shape index (κ1) is 64.6. The van der Waals surface area contributed by atoms with Crippen molar-refractivity contribution in [1.29, 1.82) is 0 Å². The lowest BCUT2D eigenvalue weighted by Crippen LogP contribution is -2.30. The number of esters is 3. The van der Waals surface area contributed by atoms with Crippen molar-refractivity contribution in [1.82, 2.24) is 0 Å². The van der Waals surface area contributed by atoms with Gasteiger partial charge in [-0.15, -0.1) is 0 Å². The van der Waals surface area contributed by atoms with E-state index in [2.05, 4.69) is 106 Å². The third kappa shape index (κ3) is 53.5. The monoisotopic (exact) mass is 947 g/mol. The fourth-order valence-corrected chi connectivity index (χ4v) is 7.85. The largest absolute Gasteiger partial charge is 0.462 e. The maximum Gasteiger partial charge on any atom is 0.306 e. The molecule has 0 aliphatic heterocycles. The summed E-state index contributed by atoms with van der Waals surface area (Å²) in [6.45, 7) is 6.44. The van der Waals surface area contributed by atoms with E-state index in [1.54, 1.807) is 0 Å². The molecule has 0 bridgehead atoms. The molecule has 0 aromatic heterocycles. The van der Waals surface area contributed by atoms with Crippen molar-refractivity contribution in [3.63, 3.8) is 0 Å². The summed E-state index contributed by atoms with van der Waals surface area (Å²) in [5, 5.41) is 0.